The fourth-order valence-corrected chi connectivity index (χ4v) is 3.58. The van der Waals surface area contributed by atoms with E-state index in [1.54, 1.807) is 0 Å². The first kappa shape index (κ1) is 16.1. The first-order valence-electron chi connectivity index (χ1n) is 8.90. The molecule has 6 nitrogen and oxygen atoms in total. The van der Waals surface area contributed by atoms with Gasteiger partial charge in [0, 0.05) is 39.0 Å². The SMILES string of the molecule is N#Cc1cccc(CN2CC[C@]3(CC(C(=O)NCC4CC4)=NO3)C2)c1. The van der Waals surface area contributed by atoms with Gasteiger partial charge in [0.2, 0.25) is 0 Å². The molecular weight excluding hydrogens is 316 g/mol. The highest BCUT2D eigenvalue weighted by molar-refractivity contribution is 6.39. The van der Waals surface area contributed by atoms with Crippen molar-refractivity contribution in [3.05, 3.63) is 35.4 Å². The molecule has 1 spiro atoms. The van der Waals surface area contributed by atoms with E-state index < -0.39 is 0 Å². The lowest BCUT2D eigenvalue weighted by Crippen LogP contribution is -2.37. The van der Waals surface area contributed by atoms with E-state index in [9.17, 15) is 4.79 Å². The Bertz CT molecular complexity index is 750. The Hall–Kier alpha value is -2.39. The highest BCUT2D eigenvalue weighted by atomic mass is 16.7. The summed E-state index contributed by atoms with van der Waals surface area (Å²) < 4.78 is 0. The van der Waals surface area contributed by atoms with Crippen LogP contribution in [0.2, 0.25) is 0 Å². The molecule has 0 bridgehead atoms. The molecule has 1 aromatic rings. The highest BCUT2D eigenvalue weighted by Gasteiger charge is 2.46. The Morgan fingerprint density at radius 2 is 2.36 bits per heavy atom. The highest BCUT2D eigenvalue weighted by Crippen LogP contribution is 2.34. The van der Waals surface area contributed by atoms with Gasteiger partial charge in [0.25, 0.3) is 5.91 Å². The quantitative estimate of drug-likeness (QED) is 0.888. The van der Waals surface area contributed by atoms with Gasteiger partial charge in [-0.2, -0.15) is 5.26 Å². The van der Waals surface area contributed by atoms with Crippen molar-refractivity contribution in [2.45, 2.75) is 37.8 Å². The average Bonchev–Trinajstić information content (AvgIpc) is 3.25. The lowest BCUT2D eigenvalue weighted by atomic mass is 9.96. The van der Waals surface area contributed by atoms with Crippen molar-refractivity contribution >= 4 is 11.6 Å². The minimum absolute atomic E-state index is 0.0797. The molecule has 0 aromatic heterocycles. The van der Waals surface area contributed by atoms with Crippen molar-refractivity contribution in [2.24, 2.45) is 11.1 Å². The van der Waals surface area contributed by atoms with Crippen LogP contribution in [0.25, 0.3) is 0 Å². The van der Waals surface area contributed by atoms with E-state index in [0.29, 0.717) is 23.6 Å². The Kier molecular flexibility index (Phi) is 4.18. The molecule has 1 amide bonds. The third-order valence-corrected chi connectivity index (χ3v) is 5.21. The van der Waals surface area contributed by atoms with Crippen LogP contribution in [0.1, 0.15) is 36.8 Å². The summed E-state index contributed by atoms with van der Waals surface area (Å²) in [6.45, 7) is 3.20. The van der Waals surface area contributed by atoms with Crippen LogP contribution in [0.15, 0.2) is 29.4 Å². The molecule has 1 saturated carbocycles. The zero-order valence-corrected chi connectivity index (χ0v) is 14.2. The molecule has 2 fully saturated rings. The molecule has 130 valence electrons. The van der Waals surface area contributed by atoms with Crippen LogP contribution in [-0.2, 0) is 16.2 Å². The van der Waals surface area contributed by atoms with Crippen molar-refractivity contribution in [3.63, 3.8) is 0 Å². The van der Waals surface area contributed by atoms with Crippen LogP contribution in [-0.4, -0.2) is 41.8 Å². The average molecular weight is 338 g/mol. The summed E-state index contributed by atoms with van der Waals surface area (Å²) in [7, 11) is 0. The molecule has 1 N–H and O–H groups in total. The third kappa shape index (κ3) is 3.67. The molecule has 2 aliphatic heterocycles. The van der Waals surface area contributed by atoms with Crippen molar-refractivity contribution < 1.29 is 9.63 Å². The smallest absolute Gasteiger partial charge is 0.269 e. The molecular formula is C19H22N4O2. The number of carbonyl (C=O) groups is 1. The van der Waals surface area contributed by atoms with E-state index in [1.165, 1.54) is 12.8 Å². The monoisotopic (exact) mass is 338 g/mol. The second-order valence-corrected chi connectivity index (χ2v) is 7.42. The van der Waals surface area contributed by atoms with Crippen molar-refractivity contribution in [1.29, 1.82) is 5.26 Å². The van der Waals surface area contributed by atoms with Gasteiger partial charge in [-0.1, -0.05) is 17.3 Å². The number of amides is 1. The lowest BCUT2D eigenvalue weighted by Gasteiger charge is -2.21. The third-order valence-electron chi connectivity index (χ3n) is 5.21. The van der Waals surface area contributed by atoms with Crippen LogP contribution < -0.4 is 5.32 Å². The van der Waals surface area contributed by atoms with Crippen LogP contribution in [0.4, 0.5) is 0 Å². The van der Waals surface area contributed by atoms with Gasteiger partial charge in [-0.15, -0.1) is 0 Å². The second-order valence-electron chi connectivity index (χ2n) is 7.42. The number of nitrogens with one attached hydrogen (secondary N) is 1. The van der Waals surface area contributed by atoms with Gasteiger partial charge < -0.3 is 10.2 Å². The van der Waals surface area contributed by atoms with Gasteiger partial charge >= 0.3 is 0 Å². The first-order valence-corrected chi connectivity index (χ1v) is 8.90. The normalized spacial score (nSPS) is 25.5. The van der Waals surface area contributed by atoms with Crippen LogP contribution >= 0.6 is 0 Å². The molecule has 6 heteroatoms. The number of hydrogen-bond donors (Lipinski definition) is 1. The van der Waals surface area contributed by atoms with Crippen molar-refractivity contribution in [3.8, 4) is 6.07 Å². The molecule has 2 heterocycles. The molecule has 1 saturated heterocycles. The summed E-state index contributed by atoms with van der Waals surface area (Å²) in [5, 5.41) is 16.1. The zero-order chi connectivity index (χ0) is 17.3. The molecule has 1 aliphatic carbocycles. The molecule has 4 rings (SSSR count). The van der Waals surface area contributed by atoms with Crippen molar-refractivity contribution in [1.82, 2.24) is 10.2 Å². The summed E-state index contributed by atoms with van der Waals surface area (Å²) in [4.78, 5) is 20.2. The number of benzene rings is 1. The molecule has 0 unspecified atom stereocenters. The summed E-state index contributed by atoms with van der Waals surface area (Å²) >= 11 is 0. The maximum absolute atomic E-state index is 12.2. The van der Waals surface area contributed by atoms with Gasteiger partial charge in [0.15, 0.2) is 5.60 Å². The van der Waals surface area contributed by atoms with E-state index in [2.05, 4.69) is 21.4 Å². The molecule has 25 heavy (non-hydrogen) atoms. The minimum Gasteiger partial charge on any atom is -0.387 e. The van der Waals surface area contributed by atoms with Crippen LogP contribution in [0, 0.1) is 17.2 Å². The molecule has 1 atom stereocenters. The molecule has 1 aromatic carbocycles. The molecule has 0 radical (unpaired) electrons. The van der Waals surface area contributed by atoms with Crippen LogP contribution in [0.5, 0.6) is 0 Å². The maximum atomic E-state index is 12.2. The van der Waals surface area contributed by atoms with E-state index in [1.807, 2.05) is 24.3 Å². The number of nitriles is 1. The number of carbonyl (C=O) groups excluding carboxylic acids is 1. The van der Waals surface area contributed by atoms with Gasteiger partial charge in [-0.25, -0.2) is 0 Å². The number of oxime groups is 1. The second kappa shape index (κ2) is 6.49. The summed E-state index contributed by atoms with van der Waals surface area (Å²) in [6, 6.07) is 9.87. The number of nitrogens with zero attached hydrogens (tertiary/aromatic N) is 3. The largest absolute Gasteiger partial charge is 0.387 e. The minimum atomic E-state index is -0.362. The fourth-order valence-electron chi connectivity index (χ4n) is 3.58. The first-order chi connectivity index (χ1) is 12.2. The standard InChI is InChI=1S/C19H22N4O2/c20-10-15-2-1-3-16(8-15)12-23-7-6-19(13-23)9-17(22-25-19)18(24)21-11-14-4-5-14/h1-3,8,14H,4-7,9,11-13H2,(H,21,24)/t19-/m0/s1. The van der Waals surface area contributed by atoms with Gasteiger partial charge in [-0.3, -0.25) is 9.69 Å². The van der Waals surface area contributed by atoms with Gasteiger partial charge in [0.05, 0.1) is 11.6 Å². The topological polar surface area (TPSA) is 77.7 Å². The van der Waals surface area contributed by atoms with E-state index >= 15 is 0 Å². The maximum Gasteiger partial charge on any atom is 0.269 e. The summed E-state index contributed by atoms with van der Waals surface area (Å²) in [6.07, 6.45) is 3.89. The predicted molar refractivity (Wildman–Crippen MR) is 92.7 cm³/mol. The Balaban J connectivity index is 1.31. The molecule has 3 aliphatic rings. The Morgan fingerprint density at radius 1 is 1.48 bits per heavy atom. The zero-order valence-electron chi connectivity index (χ0n) is 14.2. The van der Waals surface area contributed by atoms with E-state index in [4.69, 9.17) is 10.1 Å². The fraction of sp³-hybridized carbons (Fsp3) is 0.526. The summed E-state index contributed by atoms with van der Waals surface area (Å²) in [5.41, 5.74) is 1.96. The van der Waals surface area contributed by atoms with Crippen molar-refractivity contribution in [2.75, 3.05) is 19.6 Å². The number of likely N-dealkylation sites (tertiary alicyclic amines) is 1. The Labute approximate surface area is 147 Å². The van der Waals surface area contributed by atoms with E-state index in [0.717, 1.165) is 38.2 Å². The Morgan fingerprint density at radius 3 is 3.16 bits per heavy atom. The van der Waals surface area contributed by atoms with Crippen LogP contribution in [0.3, 0.4) is 0 Å². The number of hydrogen-bond acceptors (Lipinski definition) is 5. The van der Waals surface area contributed by atoms with Gasteiger partial charge in [-0.05, 0) is 36.5 Å². The number of rotatable bonds is 5. The lowest BCUT2D eigenvalue weighted by molar-refractivity contribution is -0.115. The van der Waals surface area contributed by atoms with E-state index in [-0.39, 0.29) is 11.5 Å². The summed E-state index contributed by atoms with van der Waals surface area (Å²) in [5.74, 6) is 0.580. The van der Waals surface area contributed by atoms with Gasteiger partial charge in [0.1, 0.15) is 5.71 Å². The predicted octanol–water partition coefficient (Wildman–Crippen LogP) is 1.81.